The first kappa shape index (κ1) is 14.9. The summed E-state index contributed by atoms with van der Waals surface area (Å²) in [4.78, 5) is 0. The molecule has 4 heteroatoms. The molecule has 1 aliphatic rings. The van der Waals surface area contributed by atoms with Crippen LogP contribution < -0.4 is 0 Å². The Morgan fingerprint density at radius 2 is 2.06 bits per heavy atom. The molecular weight excluding hydrogens is 220 g/mol. The van der Waals surface area contributed by atoms with Gasteiger partial charge in [-0.15, -0.1) is 0 Å². The normalized spacial score (nSPS) is 31.4. The van der Waals surface area contributed by atoms with Crippen LogP contribution in [0.2, 0.25) is 0 Å². The third-order valence-electron chi connectivity index (χ3n) is 3.44. The molecule has 1 heterocycles. The third-order valence-corrected chi connectivity index (χ3v) is 3.44. The maximum absolute atomic E-state index is 9.74. The maximum atomic E-state index is 9.74. The van der Waals surface area contributed by atoms with Gasteiger partial charge in [-0.3, -0.25) is 0 Å². The van der Waals surface area contributed by atoms with Crippen LogP contribution in [0, 0.1) is 5.92 Å². The standard InChI is InChI=1S/C13H26O4/c1-3-5-6-10(4-2)7-17-12-9-16-8-11(14)13(12)15/h10-15H,3-9H2,1-2H3/t10?,11-,12+,13-/m1/s1. The first-order valence-electron chi connectivity index (χ1n) is 6.74. The van der Waals surface area contributed by atoms with Gasteiger partial charge in [0.2, 0.25) is 0 Å². The lowest BCUT2D eigenvalue weighted by Gasteiger charge is -2.32. The smallest absolute Gasteiger partial charge is 0.110 e. The highest BCUT2D eigenvalue weighted by atomic mass is 16.6. The summed E-state index contributed by atoms with van der Waals surface area (Å²) in [5.41, 5.74) is 0. The van der Waals surface area contributed by atoms with Gasteiger partial charge >= 0.3 is 0 Å². The minimum atomic E-state index is -0.815. The Morgan fingerprint density at radius 1 is 1.29 bits per heavy atom. The van der Waals surface area contributed by atoms with Crippen LogP contribution in [0.3, 0.4) is 0 Å². The lowest BCUT2D eigenvalue weighted by Crippen LogP contribution is -2.49. The zero-order valence-corrected chi connectivity index (χ0v) is 11.0. The summed E-state index contributed by atoms with van der Waals surface area (Å²) in [7, 11) is 0. The van der Waals surface area contributed by atoms with Crippen molar-refractivity contribution in [1.29, 1.82) is 0 Å². The monoisotopic (exact) mass is 246 g/mol. The molecule has 4 atom stereocenters. The lowest BCUT2D eigenvalue weighted by molar-refractivity contribution is -0.173. The average Bonchev–Trinajstić information content (AvgIpc) is 2.34. The van der Waals surface area contributed by atoms with E-state index in [1.807, 2.05) is 0 Å². The fraction of sp³-hybridized carbons (Fsp3) is 1.00. The molecule has 0 aliphatic carbocycles. The Morgan fingerprint density at radius 3 is 2.71 bits per heavy atom. The van der Waals surface area contributed by atoms with E-state index in [0.29, 0.717) is 19.1 Å². The Kier molecular flexibility index (Phi) is 7.04. The molecule has 2 N–H and O–H groups in total. The molecule has 4 nitrogen and oxygen atoms in total. The highest BCUT2D eigenvalue weighted by Gasteiger charge is 2.32. The Bertz CT molecular complexity index is 198. The van der Waals surface area contributed by atoms with E-state index in [-0.39, 0.29) is 12.7 Å². The SMILES string of the molecule is CCCCC(CC)CO[C@H]1COC[C@@H](O)[C@H]1O. The summed E-state index contributed by atoms with van der Waals surface area (Å²) >= 11 is 0. The molecule has 0 aromatic rings. The summed E-state index contributed by atoms with van der Waals surface area (Å²) in [6.45, 7) is 5.57. The molecule has 0 spiro atoms. The molecule has 0 aromatic heterocycles. The molecule has 102 valence electrons. The van der Waals surface area contributed by atoms with Crippen molar-refractivity contribution < 1.29 is 19.7 Å². The number of ether oxygens (including phenoxy) is 2. The van der Waals surface area contributed by atoms with E-state index in [4.69, 9.17) is 9.47 Å². The highest BCUT2D eigenvalue weighted by Crippen LogP contribution is 2.17. The fourth-order valence-electron chi connectivity index (χ4n) is 2.05. The van der Waals surface area contributed by atoms with E-state index >= 15 is 0 Å². The number of aliphatic hydroxyl groups is 2. The summed E-state index contributed by atoms with van der Waals surface area (Å²) in [5.74, 6) is 0.543. The maximum Gasteiger partial charge on any atom is 0.110 e. The number of hydrogen-bond acceptors (Lipinski definition) is 4. The van der Waals surface area contributed by atoms with Gasteiger partial charge in [-0.25, -0.2) is 0 Å². The number of aliphatic hydroxyl groups excluding tert-OH is 2. The predicted molar refractivity (Wildman–Crippen MR) is 65.9 cm³/mol. The second kappa shape index (κ2) is 8.03. The predicted octanol–water partition coefficient (Wildman–Crippen LogP) is 1.34. The first-order valence-corrected chi connectivity index (χ1v) is 6.74. The van der Waals surface area contributed by atoms with Crippen LogP contribution in [0.1, 0.15) is 39.5 Å². The highest BCUT2D eigenvalue weighted by molar-refractivity contribution is 4.80. The van der Waals surface area contributed by atoms with Crippen molar-refractivity contribution in [1.82, 2.24) is 0 Å². The van der Waals surface area contributed by atoms with E-state index < -0.39 is 12.2 Å². The van der Waals surface area contributed by atoms with Crippen LogP contribution in [0.25, 0.3) is 0 Å². The van der Waals surface area contributed by atoms with Crippen LogP contribution in [-0.4, -0.2) is 48.3 Å². The second-order valence-electron chi connectivity index (χ2n) is 4.88. The van der Waals surface area contributed by atoms with E-state index in [2.05, 4.69) is 13.8 Å². The molecule has 1 aliphatic heterocycles. The zero-order valence-electron chi connectivity index (χ0n) is 11.0. The molecule has 1 rings (SSSR count). The van der Waals surface area contributed by atoms with Crippen LogP contribution in [0.5, 0.6) is 0 Å². The largest absolute Gasteiger partial charge is 0.388 e. The van der Waals surface area contributed by atoms with Gasteiger partial charge in [0, 0.05) is 0 Å². The van der Waals surface area contributed by atoms with Crippen molar-refractivity contribution in [2.75, 3.05) is 19.8 Å². The second-order valence-corrected chi connectivity index (χ2v) is 4.88. The van der Waals surface area contributed by atoms with Crippen LogP contribution in [-0.2, 0) is 9.47 Å². The first-order chi connectivity index (χ1) is 8.19. The lowest BCUT2D eigenvalue weighted by atomic mass is 10.00. The summed E-state index contributed by atoms with van der Waals surface area (Å²) in [6.07, 6.45) is 2.66. The third kappa shape index (κ3) is 4.92. The number of unbranched alkanes of at least 4 members (excludes halogenated alkanes) is 1. The van der Waals surface area contributed by atoms with Crippen molar-refractivity contribution in [2.45, 2.75) is 57.8 Å². The van der Waals surface area contributed by atoms with Crippen LogP contribution in [0.4, 0.5) is 0 Å². The Labute approximate surface area is 104 Å². The summed E-state index contributed by atoms with van der Waals surface area (Å²) in [6, 6.07) is 0. The van der Waals surface area contributed by atoms with Gasteiger partial charge in [0.05, 0.1) is 19.8 Å². The van der Waals surface area contributed by atoms with E-state index in [1.165, 1.54) is 19.3 Å². The Balaban J connectivity index is 2.27. The molecule has 0 aromatic carbocycles. The van der Waals surface area contributed by atoms with Gasteiger partial charge in [0.15, 0.2) is 0 Å². The molecule has 0 saturated carbocycles. The van der Waals surface area contributed by atoms with Crippen LogP contribution >= 0.6 is 0 Å². The van der Waals surface area contributed by atoms with E-state index in [9.17, 15) is 10.2 Å². The molecule has 1 unspecified atom stereocenters. The van der Waals surface area contributed by atoms with Crippen molar-refractivity contribution in [3.8, 4) is 0 Å². The van der Waals surface area contributed by atoms with Crippen molar-refractivity contribution in [3.05, 3.63) is 0 Å². The molecule has 17 heavy (non-hydrogen) atoms. The molecule has 1 fully saturated rings. The number of rotatable bonds is 7. The molecular formula is C13H26O4. The zero-order chi connectivity index (χ0) is 12.7. The summed E-state index contributed by atoms with van der Waals surface area (Å²) in [5, 5.41) is 19.2. The van der Waals surface area contributed by atoms with Gasteiger partial charge in [0.1, 0.15) is 18.3 Å². The van der Waals surface area contributed by atoms with E-state index in [0.717, 1.165) is 6.42 Å². The van der Waals surface area contributed by atoms with Gasteiger partial charge in [0.25, 0.3) is 0 Å². The van der Waals surface area contributed by atoms with Crippen LogP contribution in [0.15, 0.2) is 0 Å². The van der Waals surface area contributed by atoms with Crippen molar-refractivity contribution in [3.63, 3.8) is 0 Å². The van der Waals surface area contributed by atoms with Crippen molar-refractivity contribution in [2.24, 2.45) is 5.92 Å². The topological polar surface area (TPSA) is 58.9 Å². The Hall–Kier alpha value is -0.160. The molecule has 0 bridgehead atoms. The average molecular weight is 246 g/mol. The van der Waals surface area contributed by atoms with E-state index in [1.54, 1.807) is 0 Å². The van der Waals surface area contributed by atoms with Crippen molar-refractivity contribution >= 4 is 0 Å². The number of hydrogen-bond donors (Lipinski definition) is 2. The van der Waals surface area contributed by atoms with Gasteiger partial charge < -0.3 is 19.7 Å². The van der Waals surface area contributed by atoms with Gasteiger partial charge in [-0.05, 0) is 12.3 Å². The van der Waals surface area contributed by atoms with Gasteiger partial charge in [-0.2, -0.15) is 0 Å². The molecule has 0 radical (unpaired) electrons. The quantitative estimate of drug-likeness (QED) is 0.711. The fourth-order valence-corrected chi connectivity index (χ4v) is 2.05. The summed E-state index contributed by atoms with van der Waals surface area (Å²) < 4.78 is 10.9. The molecule has 0 amide bonds. The molecule has 1 saturated heterocycles. The minimum absolute atomic E-state index is 0.202. The van der Waals surface area contributed by atoms with Gasteiger partial charge in [-0.1, -0.05) is 33.1 Å². The minimum Gasteiger partial charge on any atom is -0.388 e.